The largest absolute Gasteiger partial charge is 0.497 e. The summed E-state index contributed by atoms with van der Waals surface area (Å²) in [6.45, 7) is 2.06. The monoisotopic (exact) mass is 463 g/mol. The number of benzene rings is 2. The second-order valence-electron chi connectivity index (χ2n) is 8.93. The van der Waals surface area contributed by atoms with Gasteiger partial charge in [0.2, 0.25) is 0 Å². The van der Waals surface area contributed by atoms with E-state index in [1.807, 2.05) is 18.2 Å². The average Bonchev–Trinajstić information content (AvgIpc) is 3.69. The van der Waals surface area contributed by atoms with Crippen molar-refractivity contribution in [2.24, 2.45) is 11.8 Å². The summed E-state index contributed by atoms with van der Waals surface area (Å²) in [5.41, 5.74) is 2.67. The third-order valence-electron chi connectivity index (χ3n) is 6.67. The molecule has 1 fully saturated rings. The van der Waals surface area contributed by atoms with Crippen LogP contribution in [0.25, 0.3) is 11.1 Å². The van der Waals surface area contributed by atoms with E-state index in [4.69, 9.17) is 14.2 Å². The average molecular weight is 464 g/mol. The Labute approximate surface area is 197 Å². The van der Waals surface area contributed by atoms with Gasteiger partial charge in [0.15, 0.2) is 17.6 Å². The molecule has 3 unspecified atom stereocenters. The summed E-state index contributed by atoms with van der Waals surface area (Å²) in [7, 11) is 1.54. The van der Waals surface area contributed by atoms with Crippen molar-refractivity contribution in [3.63, 3.8) is 0 Å². The smallest absolute Gasteiger partial charge is 0.306 e. The second-order valence-corrected chi connectivity index (χ2v) is 8.93. The molecule has 5 rings (SSSR count). The van der Waals surface area contributed by atoms with Gasteiger partial charge in [-0.05, 0) is 66.6 Å². The summed E-state index contributed by atoms with van der Waals surface area (Å²) in [5, 5.41) is 9.58. The highest BCUT2D eigenvalue weighted by Crippen LogP contribution is 2.49. The van der Waals surface area contributed by atoms with Crippen LogP contribution in [-0.4, -0.2) is 29.8 Å². The van der Waals surface area contributed by atoms with E-state index >= 15 is 0 Å². The van der Waals surface area contributed by atoms with Crippen LogP contribution in [0.3, 0.4) is 0 Å². The Morgan fingerprint density at radius 3 is 2.65 bits per heavy atom. The number of hydrogen-bond donors (Lipinski definition) is 1. The molecule has 0 saturated heterocycles. The van der Waals surface area contributed by atoms with Crippen LogP contribution in [0, 0.1) is 17.7 Å². The van der Waals surface area contributed by atoms with Crippen LogP contribution in [-0.2, 0) is 4.79 Å². The van der Waals surface area contributed by atoms with Gasteiger partial charge in [-0.2, -0.15) is 0 Å². The minimum absolute atomic E-state index is 0.0538. The molecule has 2 heterocycles. The summed E-state index contributed by atoms with van der Waals surface area (Å²) in [6.07, 6.45) is 3.27. The lowest BCUT2D eigenvalue weighted by molar-refractivity contribution is -0.142. The highest BCUT2D eigenvalue weighted by Gasteiger charge is 2.39. The van der Waals surface area contributed by atoms with Gasteiger partial charge in [-0.1, -0.05) is 19.1 Å². The maximum Gasteiger partial charge on any atom is 0.306 e. The van der Waals surface area contributed by atoms with Gasteiger partial charge in [0.1, 0.15) is 18.2 Å². The number of carboxylic acid groups (broad SMARTS) is 1. The molecule has 6 nitrogen and oxygen atoms in total. The maximum absolute atomic E-state index is 14.3. The zero-order valence-corrected chi connectivity index (χ0v) is 19.0. The highest BCUT2D eigenvalue weighted by atomic mass is 19.1. The summed E-state index contributed by atoms with van der Waals surface area (Å²) in [4.78, 5) is 16.2. The first kappa shape index (κ1) is 22.2. The van der Waals surface area contributed by atoms with Gasteiger partial charge in [-0.15, -0.1) is 0 Å². The van der Waals surface area contributed by atoms with E-state index in [1.54, 1.807) is 37.4 Å². The molecule has 1 aliphatic carbocycles. The first-order chi connectivity index (χ1) is 16.4. The molecule has 1 aliphatic heterocycles. The lowest BCUT2D eigenvalue weighted by atomic mass is 9.83. The minimum Gasteiger partial charge on any atom is -0.497 e. The molecule has 0 radical (unpaired) electrons. The molecule has 1 aromatic heterocycles. The molecular formula is C27H26FNO5. The van der Waals surface area contributed by atoms with E-state index < -0.39 is 18.0 Å². The topological polar surface area (TPSA) is 77.9 Å². The van der Waals surface area contributed by atoms with Crippen molar-refractivity contribution in [1.82, 2.24) is 4.98 Å². The number of aliphatic carboxylic acids is 1. The van der Waals surface area contributed by atoms with Crippen molar-refractivity contribution < 1.29 is 28.5 Å². The number of pyridine rings is 1. The third kappa shape index (κ3) is 4.30. The van der Waals surface area contributed by atoms with Crippen LogP contribution in [0.2, 0.25) is 0 Å². The molecule has 2 aliphatic rings. The fraction of sp³-hybridized carbons (Fsp3) is 0.333. The lowest BCUT2D eigenvalue weighted by Gasteiger charge is -2.28. The van der Waals surface area contributed by atoms with Crippen LogP contribution in [0.1, 0.15) is 43.0 Å². The molecule has 7 heteroatoms. The van der Waals surface area contributed by atoms with E-state index in [-0.39, 0.29) is 11.7 Å². The maximum atomic E-state index is 14.3. The first-order valence-corrected chi connectivity index (χ1v) is 11.4. The molecule has 1 N–H and O–H groups in total. The van der Waals surface area contributed by atoms with E-state index in [0.717, 1.165) is 18.4 Å². The molecule has 176 valence electrons. The van der Waals surface area contributed by atoms with Crippen molar-refractivity contribution in [3.05, 3.63) is 71.8 Å². The van der Waals surface area contributed by atoms with E-state index in [0.29, 0.717) is 46.6 Å². The van der Waals surface area contributed by atoms with Gasteiger partial charge in [-0.3, -0.25) is 9.78 Å². The van der Waals surface area contributed by atoms with Crippen molar-refractivity contribution in [2.45, 2.75) is 31.8 Å². The third-order valence-corrected chi connectivity index (χ3v) is 6.67. The van der Waals surface area contributed by atoms with Crippen LogP contribution >= 0.6 is 0 Å². The van der Waals surface area contributed by atoms with Gasteiger partial charge < -0.3 is 19.3 Å². The van der Waals surface area contributed by atoms with Crippen LogP contribution in [0.5, 0.6) is 17.2 Å². The SMILES string of the molecule is COc1ccc(F)c(-c2ccc(C3COc4ccc(C(C5CC5)C(C)C(=O)O)cc4O3)nc2)c1. The van der Waals surface area contributed by atoms with Gasteiger partial charge >= 0.3 is 5.97 Å². The number of carboxylic acids is 1. The number of nitrogens with zero attached hydrogens (tertiary/aromatic N) is 1. The Balaban J connectivity index is 1.37. The predicted molar refractivity (Wildman–Crippen MR) is 124 cm³/mol. The number of aromatic nitrogens is 1. The Morgan fingerprint density at radius 2 is 1.97 bits per heavy atom. The van der Waals surface area contributed by atoms with Gasteiger partial charge in [0.25, 0.3) is 0 Å². The van der Waals surface area contributed by atoms with Crippen molar-refractivity contribution in [2.75, 3.05) is 13.7 Å². The van der Waals surface area contributed by atoms with Crippen molar-refractivity contribution in [1.29, 1.82) is 0 Å². The number of methoxy groups -OCH3 is 1. The summed E-state index contributed by atoms with van der Waals surface area (Å²) < 4.78 is 31.7. The highest BCUT2D eigenvalue weighted by molar-refractivity contribution is 5.71. The number of hydrogen-bond acceptors (Lipinski definition) is 5. The number of halogens is 1. The van der Waals surface area contributed by atoms with Gasteiger partial charge in [0, 0.05) is 17.3 Å². The van der Waals surface area contributed by atoms with E-state index in [9.17, 15) is 14.3 Å². The van der Waals surface area contributed by atoms with Crippen molar-refractivity contribution >= 4 is 5.97 Å². The Morgan fingerprint density at radius 1 is 1.15 bits per heavy atom. The number of carbonyl (C=O) groups is 1. The Hall–Kier alpha value is -3.61. The lowest BCUT2D eigenvalue weighted by Crippen LogP contribution is -2.24. The number of ether oxygens (including phenoxy) is 3. The van der Waals surface area contributed by atoms with Crippen LogP contribution in [0.4, 0.5) is 4.39 Å². The number of fused-ring (bicyclic) bond motifs is 1. The Kier molecular flexibility index (Phi) is 5.86. The first-order valence-electron chi connectivity index (χ1n) is 11.4. The molecule has 0 bridgehead atoms. The fourth-order valence-electron chi connectivity index (χ4n) is 4.63. The molecule has 2 aromatic carbocycles. The normalized spacial score (nSPS) is 18.7. The van der Waals surface area contributed by atoms with Crippen molar-refractivity contribution in [3.8, 4) is 28.4 Å². The quantitative estimate of drug-likeness (QED) is 0.490. The molecule has 0 amide bonds. The van der Waals surface area contributed by atoms with Gasteiger partial charge in [0.05, 0.1) is 18.7 Å². The standard InChI is InChI=1S/C27H26FNO5/c1-15(27(30)31)26(16-3-4-16)17-6-10-23-24(11-17)34-25(14-33-23)22-9-5-18(13-29-22)20-12-19(32-2)7-8-21(20)28/h5-13,15-16,25-26H,3-4,14H2,1-2H3,(H,30,31). The minimum atomic E-state index is -0.790. The molecule has 0 spiro atoms. The second kappa shape index (κ2) is 8.97. The summed E-state index contributed by atoms with van der Waals surface area (Å²) in [5.74, 6) is 0.499. The van der Waals surface area contributed by atoms with Crippen LogP contribution in [0.15, 0.2) is 54.7 Å². The molecule has 3 aromatic rings. The van der Waals surface area contributed by atoms with E-state index in [1.165, 1.54) is 13.2 Å². The molecule has 1 saturated carbocycles. The van der Waals surface area contributed by atoms with E-state index in [2.05, 4.69) is 4.98 Å². The molecule has 34 heavy (non-hydrogen) atoms. The summed E-state index contributed by atoms with van der Waals surface area (Å²) in [6, 6.07) is 13.9. The zero-order valence-electron chi connectivity index (χ0n) is 19.0. The predicted octanol–water partition coefficient (Wildman–Crippen LogP) is 5.62. The number of rotatable bonds is 7. The molecule has 3 atom stereocenters. The summed E-state index contributed by atoms with van der Waals surface area (Å²) >= 11 is 0. The molecular weight excluding hydrogens is 437 g/mol. The van der Waals surface area contributed by atoms with Crippen LogP contribution < -0.4 is 14.2 Å². The zero-order chi connectivity index (χ0) is 23.8. The Bertz CT molecular complexity index is 1210. The fourth-order valence-corrected chi connectivity index (χ4v) is 4.63. The van der Waals surface area contributed by atoms with Gasteiger partial charge in [-0.25, -0.2) is 4.39 Å².